The SMILES string of the molecule is N#CCC[N]Cc1cccs1. The van der Waals surface area contributed by atoms with Crippen LogP contribution in [-0.4, -0.2) is 6.54 Å². The lowest BCUT2D eigenvalue weighted by Crippen LogP contribution is -2.04. The third kappa shape index (κ3) is 3.17. The van der Waals surface area contributed by atoms with Crippen LogP contribution in [0.3, 0.4) is 0 Å². The fourth-order valence-electron chi connectivity index (χ4n) is 0.721. The summed E-state index contributed by atoms with van der Waals surface area (Å²) in [4.78, 5) is 1.27. The zero-order valence-electron chi connectivity index (χ0n) is 6.16. The molecule has 0 unspecified atom stereocenters. The zero-order chi connectivity index (χ0) is 7.94. The first kappa shape index (κ1) is 8.25. The van der Waals surface area contributed by atoms with Gasteiger partial charge in [-0.1, -0.05) is 6.07 Å². The van der Waals surface area contributed by atoms with Gasteiger partial charge in [0.15, 0.2) is 0 Å². The Hall–Kier alpha value is -0.850. The highest BCUT2D eigenvalue weighted by molar-refractivity contribution is 7.09. The summed E-state index contributed by atoms with van der Waals surface area (Å²) in [6.45, 7) is 1.42. The van der Waals surface area contributed by atoms with Crippen molar-refractivity contribution in [3.05, 3.63) is 22.4 Å². The van der Waals surface area contributed by atoms with Crippen LogP contribution in [0.25, 0.3) is 0 Å². The molecule has 1 aromatic rings. The summed E-state index contributed by atoms with van der Waals surface area (Å²) in [7, 11) is 0. The van der Waals surface area contributed by atoms with Gasteiger partial charge in [0.05, 0.1) is 6.07 Å². The summed E-state index contributed by atoms with van der Waals surface area (Å²) in [5.74, 6) is 0. The van der Waals surface area contributed by atoms with E-state index in [1.807, 2.05) is 11.4 Å². The molecule has 0 saturated carbocycles. The molecule has 0 aliphatic heterocycles. The number of hydrogen-bond acceptors (Lipinski definition) is 2. The largest absolute Gasteiger partial charge is 0.235 e. The summed E-state index contributed by atoms with van der Waals surface area (Å²) in [5.41, 5.74) is 0. The van der Waals surface area contributed by atoms with E-state index < -0.39 is 0 Å². The van der Waals surface area contributed by atoms with Crippen molar-refractivity contribution in [1.29, 1.82) is 5.26 Å². The third-order valence-corrected chi connectivity index (χ3v) is 2.09. The highest BCUT2D eigenvalue weighted by atomic mass is 32.1. The molecule has 0 fully saturated rings. The Balaban J connectivity index is 2.10. The lowest BCUT2D eigenvalue weighted by molar-refractivity contribution is 0.690. The molecule has 0 spiro atoms. The van der Waals surface area contributed by atoms with E-state index in [0.29, 0.717) is 13.0 Å². The minimum absolute atomic E-state index is 0.533. The van der Waals surface area contributed by atoms with Gasteiger partial charge in [-0.3, -0.25) is 0 Å². The Kier molecular flexibility index (Phi) is 3.67. The number of rotatable bonds is 4. The quantitative estimate of drug-likeness (QED) is 0.626. The van der Waals surface area contributed by atoms with Crippen molar-refractivity contribution in [2.75, 3.05) is 6.54 Å². The monoisotopic (exact) mass is 165 g/mol. The van der Waals surface area contributed by atoms with Crippen LogP contribution in [0.4, 0.5) is 0 Å². The molecule has 11 heavy (non-hydrogen) atoms. The van der Waals surface area contributed by atoms with Crippen molar-refractivity contribution < 1.29 is 0 Å². The van der Waals surface area contributed by atoms with Crippen molar-refractivity contribution >= 4 is 11.3 Å². The van der Waals surface area contributed by atoms with Gasteiger partial charge in [0, 0.05) is 24.4 Å². The Morgan fingerprint density at radius 2 is 2.55 bits per heavy atom. The first-order valence-electron chi connectivity index (χ1n) is 3.46. The molecular weight excluding hydrogens is 156 g/mol. The molecule has 3 heteroatoms. The predicted octanol–water partition coefficient (Wildman–Crippen LogP) is 1.77. The number of thiophene rings is 1. The summed E-state index contributed by atoms with van der Waals surface area (Å²) >= 11 is 1.70. The fourth-order valence-corrected chi connectivity index (χ4v) is 1.38. The maximum Gasteiger partial charge on any atom is 0.0635 e. The second kappa shape index (κ2) is 4.89. The fraction of sp³-hybridized carbons (Fsp3) is 0.375. The van der Waals surface area contributed by atoms with Gasteiger partial charge in [0.2, 0.25) is 0 Å². The van der Waals surface area contributed by atoms with Gasteiger partial charge in [-0.05, 0) is 11.4 Å². The molecular formula is C8H9N2S. The van der Waals surface area contributed by atoms with E-state index in [2.05, 4.69) is 17.5 Å². The van der Waals surface area contributed by atoms with Crippen molar-refractivity contribution in [3.63, 3.8) is 0 Å². The number of nitrogens with zero attached hydrogens (tertiary/aromatic N) is 2. The molecule has 0 N–H and O–H groups in total. The van der Waals surface area contributed by atoms with Crippen molar-refractivity contribution in [1.82, 2.24) is 5.32 Å². The smallest absolute Gasteiger partial charge is 0.0635 e. The molecule has 2 nitrogen and oxygen atoms in total. The van der Waals surface area contributed by atoms with Crippen LogP contribution in [0.2, 0.25) is 0 Å². The maximum absolute atomic E-state index is 8.22. The molecule has 0 bridgehead atoms. The second-order valence-corrected chi connectivity index (χ2v) is 3.13. The van der Waals surface area contributed by atoms with Crippen LogP contribution in [0.5, 0.6) is 0 Å². The Morgan fingerprint density at radius 3 is 3.18 bits per heavy atom. The lowest BCUT2D eigenvalue weighted by Gasteiger charge is -1.94. The molecule has 0 aliphatic rings. The lowest BCUT2D eigenvalue weighted by atomic mass is 10.4. The van der Waals surface area contributed by atoms with Gasteiger partial charge in [0.25, 0.3) is 0 Å². The van der Waals surface area contributed by atoms with E-state index in [4.69, 9.17) is 5.26 Å². The molecule has 1 aromatic heterocycles. The van der Waals surface area contributed by atoms with E-state index in [9.17, 15) is 0 Å². The summed E-state index contributed by atoms with van der Waals surface area (Å²) in [6, 6.07) is 6.13. The van der Waals surface area contributed by atoms with E-state index in [1.54, 1.807) is 11.3 Å². The van der Waals surface area contributed by atoms with Crippen LogP contribution in [-0.2, 0) is 6.54 Å². The second-order valence-electron chi connectivity index (χ2n) is 2.09. The predicted molar refractivity (Wildman–Crippen MR) is 45.3 cm³/mol. The van der Waals surface area contributed by atoms with Crippen molar-refractivity contribution in [3.8, 4) is 6.07 Å². The van der Waals surface area contributed by atoms with Gasteiger partial charge < -0.3 is 0 Å². The van der Waals surface area contributed by atoms with E-state index >= 15 is 0 Å². The van der Waals surface area contributed by atoms with E-state index in [-0.39, 0.29) is 0 Å². The molecule has 1 heterocycles. The summed E-state index contributed by atoms with van der Waals surface area (Å²) < 4.78 is 0. The topological polar surface area (TPSA) is 37.9 Å². The molecule has 1 rings (SSSR count). The minimum Gasteiger partial charge on any atom is -0.235 e. The van der Waals surface area contributed by atoms with Gasteiger partial charge in [-0.15, -0.1) is 11.3 Å². The van der Waals surface area contributed by atoms with E-state index in [0.717, 1.165) is 6.54 Å². The van der Waals surface area contributed by atoms with Crippen molar-refractivity contribution in [2.24, 2.45) is 0 Å². The Morgan fingerprint density at radius 1 is 1.64 bits per heavy atom. The van der Waals surface area contributed by atoms with Crippen LogP contribution in [0.15, 0.2) is 17.5 Å². The summed E-state index contributed by atoms with van der Waals surface area (Å²) in [6.07, 6.45) is 0.533. The molecule has 0 saturated heterocycles. The molecule has 1 radical (unpaired) electrons. The molecule has 0 aliphatic carbocycles. The standard InChI is InChI=1S/C8H9N2S/c9-4-2-5-10-7-8-3-1-6-11-8/h1,3,6H,2,5,7H2. The number of hydrogen-bond donors (Lipinski definition) is 0. The van der Waals surface area contributed by atoms with E-state index in [1.165, 1.54) is 4.88 Å². The first-order chi connectivity index (χ1) is 5.43. The zero-order valence-corrected chi connectivity index (χ0v) is 6.97. The third-order valence-electron chi connectivity index (χ3n) is 1.23. The molecule has 0 amide bonds. The normalized spacial score (nSPS) is 9.36. The van der Waals surface area contributed by atoms with Crippen molar-refractivity contribution in [2.45, 2.75) is 13.0 Å². The average molecular weight is 165 g/mol. The van der Waals surface area contributed by atoms with Gasteiger partial charge in [-0.2, -0.15) is 5.26 Å². The van der Waals surface area contributed by atoms with Crippen LogP contribution < -0.4 is 5.32 Å². The van der Waals surface area contributed by atoms with Crippen LogP contribution in [0.1, 0.15) is 11.3 Å². The molecule has 0 aromatic carbocycles. The highest BCUT2D eigenvalue weighted by Crippen LogP contribution is 2.07. The van der Waals surface area contributed by atoms with Crippen LogP contribution >= 0.6 is 11.3 Å². The van der Waals surface area contributed by atoms with Gasteiger partial charge in [0.1, 0.15) is 0 Å². The number of nitriles is 1. The minimum atomic E-state index is 0.533. The summed E-state index contributed by atoms with van der Waals surface area (Å²) in [5, 5.41) is 14.4. The van der Waals surface area contributed by atoms with Gasteiger partial charge in [-0.25, -0.2) is 5.32 Å². The first-order valence-corrected chi connectivity index (χ1v) is 4.34. The average Bonchev–Trinajstić information content (AvgIpc) is 2.50. The van der Waals surface area contributed by atoms with Crippen LogP contribution in [0, 0.1) is 11.3 Å². The van der Waals surface area contributed by atoms with Gasteiger partial charge >= 0.3 is 0 Å². The maximum atomic E-state index is 8.22. The highest BCUT2D eigenvalue weighted by Gasteiger charge is 1.92. The Bertz CT molecular complexity index is 223. The molecule has 0 atom stereocenters. The molecule has 57 valence electrons. The Labute approximate surface area is 70.5 Å².